The number of nitrogens with zero attached hydrogens (tertiary/aromatic N) is 2. The zero-order valence-electron chi connectivity index (χ0n) is 19.5. The van der Waals surface area contributed by atoms with Crippen molar-refractivity contribution in [2.75, 3.05) is 32.8 Å². The molecule has 192 valence electrons. The lowest BCUT2D eigenvalue weighted by molar-refractivity contribution is -0.384. The fraction of sp³-hybridized carbons (Fsp3) is 0.375. The van der Waals surface area contributed by atoms with E-state index in [1.54, 1.807) is 12.1 Å². The van der Waals surface area contributed by atoms with E-state index in [2.05, 4.69) is 10.2 Å². The van der Waals surface area contributed by atoms with Crippen LogP contribution in [0.5, 0.6) is 0 Å². The van der Waals surface area contributed by atoms with Gasteiger partial charge in [0, 0.05) is 42.9 Å². The molecule has 1 aliphatic rings. The standard InChI is InChI=1S/C24H27ClN4O7/c25-20-5-2-1-4-18(20)22(30)19-14-17(29(33)34)8-7-16(19)15-27-23(31)21(36-24(26)32)6-3-9-28-10-12-35-13-11-28/h1-2,4-5,7-8,14,21H,3,6,9-13,15H2,(H2,26,32)(H,27,31). The molecule has 1 aliphatic heterocycles. The van der Waals surface area contributed by atoms with Crippen LogP contribution < -0.4 is 11.1 Å². The molecule has 0 aliphatic carbocycles. The van der Waals surface area contributed by atoms with Crippen LogP contribution in [0.1, 0.15) is 34.3 Å². The lowest BCUT2D eigenvalue weighted by Crippen LogP contribution is -2.40. The van der Waals surface area contributed by atoms with Crippen LogP contribution in [-0.2, 0) is 20.8 Å². The number of carbonyl (C=O) groups is 3. The number of amides is 2. The number of ether oxygens (including phenoxy) is 2. The van der Waals surface area contributed by atoms with E-state index in [9.17, 15) is 24.5 Å². The maximum Gasteiger partial charge on any atom is 0.405 e. The molecule has 0 bridgehead atoms. The normalized spacial score (nSPS) is 14.6. The number of ketones is 1. The number of benzene rings is 2. The highest BCUT2D eigenvalue weighted by atomic mass is 35.5. The lowest BCUT2D eigenvalue weighted by atomic mass is 9.97. The molecular weight excluding hydrogens is 492 g/mol. The van der Waals surface area contributed by atoms with E-state index in [0.29, 0.717) is 31.7 Å². The first-order valence-corrected chi connectivity index (χ1v) is 11.7. The number of hydrogen-bond acceptors (Lipinski definition) is 8. The Balaban J connectivity index is 1.72. The average molecular weight is 519 g/mol. The van der Waals surface area contributed by atoms with E-state index in [1.807, 2.05) is 0 Å². The van der Waals surface area contributed by atoms with Gasteiger partial charge in [-0.3, -0.25) is 24.6 Å². The van der Waals surface area contributed by atoms with Gasteiger partial charge in [0.2, 0.25) is 0 Å². The van der Waals surface area contributed by atoms with Gasteiger partial charge in [-0.05, 0) is 43.1 Å². The molecule has 2 aromatic rings. The summed E-state index contributed by atoms with van der Waals surface area (Å²) in [5.74, 6) is -1.12. The van der Waals surface area contributed by atoms with Gasteiger partial charge < -0.3 is 20.5 Å². The second-order valence-corrected chi connectivity index (χ2v) is 8.55. The first-order valence-electron chi connectivity index (χ1n) is 11.4. The molecule has 1 atom stereocenters. The molecule has 1 saturated heterocycles. The second kappa shape index (κ2) is 13.0. The highest BCUT2D eigenvalue weighted by molar-refractivity contribution is 6.35. The number of nitrogens with one attached hydrogen (secondary N) is 1. The monoisotopic (exact) mass is 518 g/mol. The van der Waals surface area contributed by atoms with Gasteiger partial charge in [0.05, 0.1) is 23.2 Å². The third kappa shape index (κ3) is 7.48. The number of rotatable bonds is 11. The molecule has 3 N–H and O–H groups in total. The quantitative estimate of drug-likeness (QED) is 0.261. The van der Waals surface area contributed by atoms with E-state index in [4.69, 9.17) is 26.8 Å². The van der Waals surface area contributed by atoms with Crippen LogP contribution in [0.4, 0.5) is 10.5 Å². The van der Waals surface area contributed by atoms with E-state index < -0.39 is 28.8 Å². The fourth-order valence-corrected chi connectivity index (χ4v) is 4.06. The average Bonchev–Trinajstić information content (AvgIpc) is 2.86. The number of halogens is 1. The Hall–Kier alpha value is -3.54. The number of morpholine rings is 1. The molecule has 0 spiro atoms. The van der Waals surface area contributed by atoms with Crippen molar-refractivity contribution < 1.29 is 28.8 Å². The predicted molar refractivity (Wildman–Crippen MR) is 131 cm³/mol. The van der Waals surface area contributed by atoms with Crippen LogP contribution in [0, 0.1) is 10.1 Å². The maximum absolute atomic E-state index is 13.2. The summed E-state index contributed by atoms with van der Waals surface area (Å²) in [5.41, 5.74) is 5.41. The molecule has 0 saturated carbocycles. The van der Waals surface area contributed by atoms with Crippen molar-refractivity contribution in [3.63, 3.8) is 0 Å². The van der Waals surface area contributed by atoms with Gasteiger partial charge in [-0.25, -0.2) is 4.79 Å². The number of nitrogens with two attached hydrogens (primary N) is 1. The van der Waals surface area contributed by atoms with Crippen LogP contribution in [0.25, 0.3) is 0 Å². The topological polar surface area (TPSA) is 154 Å². The highest BCUT2D eigenvalue weighted by Crippen LogP contribution is 2.24. The minimum Gasteiger partial charge on any atom is -0.436 e. The largest absolute Gasteiger partial charge is 0.436 e. The Bertz CT molecular complexity index is 1120. The van der Waals surface area contributed by atoms with Gasteiger partial charge in [-0.2, -0.15) is 0 Å². The van der Waals surface area contributed by atoms with Crippen LogP contribution in [-0.4, -0.2) is 66.6 Å². The molecule has 2 amide bonds. The van der Waals surface area contributed by atoms with Crippen molar-refractivity contribution in [1.29, 1.82) is 0 Å². The molecule has 12 heteroatoms. The summed E-state index contributed by atoms with van der Waals surface area (Å²) in [4.78, 5) is 50.2. The zero-order chi connectivity index (χ0) is 26.1. The summed E-state index contributed by atoms with van der Waals surface area (Å²) >= 11 is 6.15. The summed E-state index contributed by atoms with van der Waals surface area (Å²) < 4.78 is 10.3. The summed E-state index contributed by atoms with van der Waals surface area (Å²) in [5, 5.41) is 14.1. The van der Waals surface area contributed by atoms with Gasteiger partial charge in [0.15, 0.2) is 11.9 Å². The Morgan fingerprint density at radius 1 is 1.17 bits per heavy atom. The number of non-ortho nitro benzene ring substituents is 1. The molecule has 2 aromatic carbocycles. The molecule has 36 heavy (non-hydrogen) atoms. The second-order valence-electron chi connectivity index (χ2n) is 8.15. The fourth-order valence-electron chi connectivity index (χ4n) is 3.84. The van der Waals surface area contributed by atoms with Gasteiger partial charge in [-0.15, -0.1) is 0 Å². The van der Waals surface area contributed by atoms with Gasteiger partial charge in [0.1, 0.15) is 0 Å². The van der Waals surface area contributed by atoms with Crippen LogP contribution in [0.15, 0.2) is 42.5 Å². The molecular formula is C24H27ClN4O7. The maximum atomic E-state index is 13.2. The van der Waals surface area contributed by atoms with Gasteiger partial charge in [0.25, 0.3) is 11.6 Å². The molecule has 1 unspecified atom stereocenters. The molecule has 0 radical (unpaired) electrons. The van der Waals surface area contributed by atoms with Gasteiger partial charge in [-0.1, -0.05) is 23.7 Å². The zero-order valence-corrected chi connectivity index (χ0v) is 20.2. The Morgan fingerprint density at radius 3 is 2.56 bits per heavy atom. The van der Waals surface area contributed by atoms with Gasteiger partial charge >= 0.3 is 6.09 Å². The Kier molecular flexibility index (Phi) is 9.74. The lowest BCUT2D eigenvalue weighted by Gasteiger charge is -2.27. The predicted octanol–water partition coefficient (Wildman–Crippen LogP) is 2.67. The number of nitro groups is 1. The molecule has 1 fully saturated rings. The summed E-state index contributed by atoms with van der Waals surface area (Å²) in [6.45, 7) is 3.43. The van der Waals surface area contributed by atoms with Crippen molar-refractivity contribution in [3.8, 4) is 0 Å². The summed E-state index contributed by atoms with van der Waals surface area (Å²) in [7, 11) is 0. The summed E-state index contributed by atoms with van der Waals surface area (Å²) in [6, 6.07) is 10.1. The van der Waals surface area contributed by atoms with Crippen molar-refractivity contribution in [3.05, 3.63) is 74.3 Å². The van der Waals surface area contributed by atoms with E-state index in [1.165, 1.54) is 24.3 Å². The van der Waals surface area contributed by atoms with E-state index in [-0.39, 0.29) is 34.8 Å². The number of hydrogen-bond donors (Lipinski definition) is 2. The van der Waals surface area contributed by atoms with Crippen molar-refractivity contribution >= 4 is 35.1 Å². The number of primary amides is 1. The van der Waals surface area contributed by atoms with Crippen molar-refractivity contribution in [2.45, 2.75) is 25.5 Å². The van der Waals surface area contributed by atoms with E-state index >= 15 is 0 Å². The Morgan fingerprint density at radius 2 is 1.89 bits per heavy atom. The van der Waals surface area contributed by atoms with Crippen LogP contribution >= 0.6 is 11.6 Å². The minimum atomic E-state index is -1.12. The third-order valence-corrected chi connectivity index (χ3v) is 6.05. The molecule has 3 rings (SSSR count). The molecule has 0 aromatic heterocycles. The number of nitro benzene ring substituents is 1. The SMILES string of the molecule is NC(=O)OC(CCCN1CCOCC1)C(=O)NCc1ccc([N+](=O)[O-])cc1C(=O)c1ccccc1Cl. The van der Waals surface area contributed by atoms with Crippen molar-refractivity contribution in [2.24, 2.45) is 5.73 Å². The number of carbonyl (C=O) groups excluding carboxylic acids is 3. The Labute approximate surface area is 212 Å². The third-order valence-electron chi connectivity index (χ3n) is 5.72. The van der Waals surface area contributed by atoms with E-state index in [0.717, 1.165) is 19.2 Å². The molecule has 11 nitrogen and oxygen atoms in total. The first-order chi connectivity index (χ1) is 17.3. The first kappa shape index (κ1) is 27.1. The molecule has 1 heterocycles. The smallest absolute Gasteiger partial charge is 0.405 e. The minimum absolute atomic E-state index is 0.0253. The van der Waals surface area contributed by atoms with Crippen LogP contribution in [0.2, 0.25) is 5.02 Å². The van der Waals surface area contributed by atoms with Crippen LogP contribution in [0.3, 0.4) is 0 Å². The summed E-state index contributed by atoms with van der Waals surface area (Å²) in [6.07, 6.45) is -1.37. The highest BCUT2D eigenvalue weighted by Gasteiger charge is 2.24. The van der Waals surface area contributed by atoms with Crippen molar-refractivity contribution in [1.82, 2.24) is 10.2 Å².